The molecule has 1 aromatic rings. The predicted octanol–water partition coefficient (Wildman–Crippen LogP) is 3.33. The summed E-state index contributed by atoms with van der Waals surface area (Å²) in [5.41, 5.74) is 1.42. The van der Waals surface area contributed by atoms with E-state index in [0.29, 0.717) is 0 Å². The van der Waals surface area contributed by atoms with Crippen LogP contribution in [0.5, 0.6) is 0 Å². The molecule has 0 aliphatic heterocycles. The topological polar surface area (TPSA) is 12.0 Å². The Morgan fingerprint density at radius 1 is 1.21 bits per heavy atom. The van der Waals surface area contributed by atoms with Crippen LogP contribution in [-0.4, -0.2) is 14.3 Å². The average Bonchev–Trinajstić information content (AvgIpc) is 2.06. The van der Waals surface area contributed by atoms with E-state index in [1.54, 1.807) is 0 Å². The van der Waals surface area contributed by atoms with Crippen LogP contribution in [0.1, 0.15) is 5.56 Å². The third-order valence-electron chi connectivity index (χ3n) is 1.76. The van der Waals surface area contributed by atoms with Crippen LogP contribution in [0, 0.1) is 0 Å². The fourth-order valence-corrected chi connectivity index (χ4v) is 4.92. The molecule has 1 rings (SSSR count). The highest BCUT2D eigenvalue weighted by molar-refractivity contribution is 8.28. The summed E-state index contributed by atoms with van der Waals surface area (Å²) in [6, 6.07) is 8.68. The first kappa shape index (κ1) is 11.8. The van der Waals surface area contributed by atoms with E-state index in [-0.39, 0.29) is 0 Å². The van der Waals surface area contributed by atoms with Gasteiger partial charge >= 0.3 is 0 Å². The summed E-state index contributed by atoms with van der Waals surface area (Å²) in [5.74, 6) is 0. The lowest BCUT2D eigenvalue weighted by Crippen LogP contribution is -2.15. The summed E-state index contributed by atoms with van der Waals surface area (Å²) in [4.78, 5) is 1.45. The zero-order valence-electron chi connectivity index (χ0n) is 9.42. The first-order chi connectivity index (χ1) is 6.53. The van der Waals surface area contributed by atoms with Crippen LogP contribution >= 0.6 is 11.2 Å². The van der Waals surface area contributed by atoms with Crippen molar-refractivity contribution in [1.82, 2.24) is 5.32 Å². The van der Waals surface area contributed by atoms with Crippen molar-refractivity contribution in [1.29, 1.82) is 0 Å². The summed E-state index contributed by atoms with van der Waals surface area (Å²) in [7, 11) is 0.926. The van der Waals surface area contributed by atoms with Crippen LogP contribution in [0.15, 0.2) is 29.2 Å². The minimum absolute atomic E-state index is 0.966. The molecule has 78 valence electrons. The molecule has 0 saturated heterocycles. The van der Waals surface area contributed by atoms with Gasteiger partial charge in [0.1, 0.15) is 7.22 Å². The third-order valence-corrected chi connectivity index (χ3v) is 5.48. The molecular weight excluding hydrogens is 206 g/mol. The SMILES string of the molecule is CNCc1ccccc1S[Si](C)(C)C. The molecule has 0 unspecified atom stereocenters. The van der Waals surface area contributed by atoms with Gasteiger partial charge in [0.25, 0.3) is 0 Å². The Morgan fingerprint density at radius 2 is 1.86 bits per heavy atom. The highest BCUT2D eigenvalue weighted by Gasteiger charge is 2.16. The van der Waals surface area contributed by atoms with E-state index >= 15 is 0 Å². The van der Waals surface area contributed by atoms with E-state index in [2.05, 4.69) is 60.4 Å². The Labute approximate surface area is 92.0 Å². The van der Waals surface area contributed by atoms with E-state index < -0.39 is 7.22 Å². The average molecular weight is 225 g/mol. The maximum Gasteiger partial charge on any atom is 0.114 e. The number of hydrogen-bond donors (Lipinski definition) is 1. The largest absolute Gasteiger partial charge is 0.316 e. The summed E-state index contributed by atoms with van der Waals surface area (Å²) in [5, 5.41) is 3.21. The van der Waals surface area contributed by atoms with E-state index in [0.717, 1.165) is 6.54 Å². The minimum Gasteiger partial charge on any atom is -0.316 e. The second-order valence-electron chi connectivity index (χ2n) is 4.35. The molecule has 0 heterocycles. The van der Waals surface area contributed by atoms with Crippen LogP contribution < -0.4 is 5.32 Å². The van der Waals surface area contributed by atoms with Crippen LogP contribution in [0.4, 0.5) is 0 Å². The van der Waals surface area contributed by atoms with Gasteiger partial charge in [-0.3, -0.25) is 0 Å². The van der Waals surface area contributed by atoms with Gasteiger partial charge in [-0.1, -0.05) is 37.8 Å². The molecule has 0 radical (unpaired) electrons. The Morgan fingerprint density at radius 3 is 2.43 bits per heavy atom. The normalized spacial score (nSPS) is 11.7. The summed E-state index contributed by atoms with van der Waals surface area (Å²) in [6.07, 6.45) is 0. The Hall–Kier alpha value is -0.253. The molecule has 1 nitrogen and oxygen atoms in total. The molecule has 0 bridgehead atoms. The Kier molecular flexibility index (Phi) is 4.23. The molecular formula is C11H19NSSi. The smallest absolute Gasteiger partial charge is 0.114 e. The van der Waals surface area contributed by atoms with Crippen molar-refractivity contribution in [2.75, 3.05) is 7.05 Å². The lowest BCUT2D eigenvalue weighted by molar-refractivity contribution is 0.803. The van der Waals surface area contributed by atoms with Gasteiger partial charge in [0.05, 0.1) is 0 Å². The predicted molar refractivity (Wildman–Crippen MR) is 68.4 cm³/mol. The highest BCUT2D eigenvalue weighted by atomic mass is 32.4. The van der Waals surface area contributed by atoms with E-state index in [1.165, 1.54) is 10.5 Å². The van der Waals surface area contributed by atoms with Crippen molar-refractivity contribution in [3.05, 3.63) is 29.8 Å². The number of rotatable bonds is 4. The zero-order valence-corrected chi connectivity index (χ0v) is 11.2. The molecule has 3 heteroatoms. The Bertz CT molecular complexity index is 294. The van der Waals surface area contributed by atoms with Gasteiger partial charge in [0.2, 0.25) is 0 Å². The molecule has 0 amide bonds. The van der Waals surface area contributed by atoms with Crippen molar-refractivity contribution in [2.24, 2.45) is 0 Å². The molecule has 14 heavy (non-hydrogen) atoms. The van der Waals surface area contributed by atoms with Gasteiger partial charge in [0, 0.05) is 11.4 Å². The van der Waals surface area contributed by atoms with Crippen LogP contribution in [0.3, 0.4) is 0 Å². The minimum atomic E-state index is -1.07. The maximum absolute atomic E-state index is 3.21. The number of nitrogens with one attached hydrogen (secondary N) is 1. The molecule has 0 aromatic heterocycles. The van der Waals surface area contributed by atoms with Gasteiger partial charge in [-0.25, -0.2) is 0 Å². The van der Waals surface area contributed by atoms with Crippen LogP contribution in [0.2, 0.25) is 19.6 Å². The fraction of sp³-hybridized carbons (Fsp3) is 0.455. The van der Waals surface area contributed by atoms with E-state index in [4.69, 9.17) is 0 Å². The first-order valence-electron chi connectivity index (χ1n) is 4.94. The van der Waals surface area contributed by atoms with Crippen LogP contribution in [0.25, 0.3) is 0 Å². The first-order valence-corrected chi connectivity index (χ1v) is 9.98. The molecule has 1 aromatic carbocycles. The van der Waals surface area contributed by atoms with Crippen LogP contribution in [-0.2, 0) is 6.54 Å². The number of benzene rings is 1. The standard InChI is InChI=1S/C11H19NSSi/c1-12-9-10-7-5-6-8-11(10)13-14(2,3)4/h5-8,12H,9H2,1-4H3. The quantitative estimate of drug-likeness (QED) is 0.789. The second kappa shape index (κ2) is 5.00. The lowest BCUT2D eigenvalue weighted by Gasteiger charge is -2.17. The maximum atomic E-state index is 3.21. The van der Waals surface area contributed by atoms with E-state index in [1.807, 2.05) is 7.05 Å². The molecule has 0 saturated carbocycles. The van der Waals surface area contributed by atoms with E-state index in [9.17, 15) is 0 Å². The third kappa shape index (κ3) is 3.86. The second-order valence-corrected chi connectivity index (χ2v) is 13.5. The zero-order chi connectivity index (χ0) is 10.6. The molecule has 0 aliphatic rings. The fourth-order valence-electron chi connectivity index (χ4n) is 1.27. The van der Waals surface area contributed by atoms with Crippen molar-refractivity contribution in [3.8, 4) is 0 Å². The van der Waals surface area contributed by atoms with Gasteiger partial charge in [-0.05, 0) is 18.7 Å². The van der Waals surface area contributed by atoms with Gasteiger partial charge in [-0.2, -0.15) is 11.2 Å². The molecule has 0 fully saturated rings. The van der Waals surface area contributed by atoms with Gasteiger partial charge < -0.3 is 5.32 Å². The monoisotopic (exact) mass is 225 g/mol. The summed E-state index contributed by atoms with van der Waals surface area (Å²) in [6.45, 7) is 8.11. The molecule has 0 spiro atoms. The van der Waals surface area contributed by atoms with Gasteiger partial charge in [0.15, 0.2) is 0 Å². The number of hydrogen-bond acceptors (Lipinski definition) is 2. The van der Waals surface area contributed by atoms with Crippen molar-refractivity contribution < 1.29 is 0 Å². The highest BCUT2D eigenvalue weighted by Crippen LogP contribution is 2.31. The molecule has 0 aliphatic carbocycles. The van der Waals surface area contributed by atoms with Crippen molar-refractivity contribution in [2.45, 2.75) is 31.1 Å². The van der Waals surface area contributed by atoms with Gasteiger partial charge in [-0.15, -0.1) is 0 Å². The Balaban J connectivity index is 2.84. The summed E-state index contributed by atoms with van der Waals surface area (Å²) < 4.78 is 0. The molecule has 0 atom stereocenters. The lowest BCUT2D eigenvalue weighted by atomic mass is 10.2. The van der Waals surface area contributed by atoms with Crippen molar-refractivity contribution in [3.63, 3.8) is 0 Å². The van der Waals surface area contributed by atoms with Crippen molar-refractivity contribution >= 4 is 18.4 Å². The molecule has 1 N–H and O–H groups in total. The summed E-state index contributed by atoms with van der Waals surface area (Å²) >= 11 is 2.07.